The van der Waals surface area contributed by atoms with Crippen molar-refractivity contribution in [3.05, 3.63) is 108 Å². The summed E-state index contributed by atoms with van der Waals surface area (Å²) >= 11 is 0. The van der Waals surface area contributed by atoms with Gasteiger partial charge in [0.05, 0.1) is 25.4 Å². The van der Waals surface area contributed by atoms with E-state index in [1.54, 1.807) is 12.1 Å². The van der Waals surface area contributed by atoms with Gasteiger partial charge in [0.2, 0.25) is 0 Å². The van der Waals surface area contributed by atoms with E-state index in [2.05, 4.69) is 37.8 Å². The first-order chi connectivity index (χ1) is 23.1. The fraction of sp³-hybridized carbons (Fsp3) is 0.463. The lowest BCUT2D eigenvalue weighted by atomic mass is 10.0. The van der Waals surface area contributed by atoms with Crippen molar-refractivity contribution in [1.29, 1.82) is 0 Å². The van der Waals surface area contributed by atoms with E-state index in [4.69, 9.17) is 18.9 Å². The van der Waals surface area contributed by atoms with Crippen LogP contribution in [0.3, 0.4) is 0 Å². The third-order valence-corrected chi connectivity index (χ3v) is 8.08. The summed E-state index contributed by atoms with van der Waals surface area (Å²) in [6.07, 6.45) is 16.9. The molecule has 0 aliphatic heterocycles. The molecule has 0 aliphatic carbocycles. The van der Waals surface area contributed by atoms with Crippen molar-refractivity contribution in [2.24, 2.45) is 0 Å². The summed E-state index contributed by atoms with van der Waals surface area (Å²) < 4.78 is 22.3. The lowest BCUT2D eigenvalue weighted by Crippen LogP contribution is -2.08. The Morgan fingerprint density at radius 2 is 1.11 bits per heavy atom. The van der Waals surface area contributed by atoms with Crippen LogP contribution in [0.2, 0.25) is 0 Å². The van der Waals surface area contributed by atoms with E-state index >= 15 is 0 Å². The van der Waals surface area contributed by atoms with Gasteiger partial charge in [-0.3, -0.25) is 0 Å². The fourth-order valence-corrected chi connectivity index (χ4v) is 5.18. The predicted molar refractivity (Wildman–Crippen MR) is 189 cm³/mol. The molecule has 0 fully saturated rings. The highest BCUT2D eigenvalue weighted by Crippen LogP contribution is 2.18. The first-order valence-corrected chi connectivity index (χ1v) is 17.6. The number of carbonyl (C=O) groups excluding carboxylic acids is 2. The minimum absolute atomic E-state index is 0.342. The summed E-state index contributed by atoms with van der Waals surface area (Å²) in [7, 11) is 0. The highest BCUT2D eigenvalue weighted by Gasteiger charge is 2.09. The van der Waals surface area contributed by atoms with Crippen molar-refractivity contribution in [3.8, 4) is 11.5 Å². The Bertz CT molecular complexity index is 1280. The van der Waals surface area contributed by atoms with Crippen LogP contribution in [0.15, 0.2) is 85.5 Å². The minimum Gasteiger partial charge on any atom is -0.494 e. The molecule has 254 valence electrons. The van der Waals surface area contributed by atoms with E-state index < -0.39 is 0 Å². The molecule has 0 saturated heterocycles. The summed E-state index contributed by atoms with van der Waals surface area (Å²) in [5, 5.41) is 0. The number of unbranched alkanes of at least 4 members (excludes halogenated alkanes) is 10. The maximum absolute atomic E-state index is 12.7. The number of benzene rings is 3. The standard InChI is InChI=1S/C41H54O6/c1-3-5-6-14-31-45-38-26-20-34(21-27-38)16-17-35-22-28-39(29-23-35)47-41(43)37-24-18-36(19-25-37)33-44-30-13-11-9-7-8-10-12-15-32-46-40(42)4-2/h4,18-29H,2-3,5-17,30-33H2,1H3. The third kappa shape index (κ3) is 16.5. The van der Waals surface area contributed by atoms with Gasteiger partial charge in [0, 0.05) is 12.7 Å². The molecule has 0 bridgehead atoms. The summed E-state index contributed by atoms with van der Waals surface area (Å²) in [6, 6.07) is 23.6. The largest absolute Gasteiger partial charge is 0.494 e. The van der Waals surface area contributed by atoms with Gasteiger partial charge in [-0.2, -0.15) is 0 Å². The number of rotatable bonds is 25. The van der Waals surface area contributed by atoms with Crippen molar-refractivity contribution in [1.82, 2.24) is 0 Å². The van der Waals surface area contributed by atoms with Crippen LogP contribution in [0.1, 0.15) is 111 Å². The van der Waals surface area contributed by atoms with Gasteiger partial charge in [-0.25, -0.2) is 9.59 Å². The van der Waals surface area contributed by atoms with Gasteiger partial charge in [0.15, 0.2) is 0 Å². The van der Waals surface area contributed by atoms with Crippen LogP contribution in [-0.2, 0) is 33.7 Å². The first-order valence-electron chi connectivity index (χ1n) is 17.6. The molecule has 0 aromatic heterocycles. The van der Waals surface area contributed by atoms with Crippen molar-refractivity contribution in [3.63, 3.8) is 0 Å². The van der Waals surface area contributed by atoms with Gasteiger partial charge in [-0.15, -0.1) is 0 Å². The van der Waals surface area contributed by atoms with Gasteiger partial charge >= 0.3 is 11.9 Å². The average Bonchev–Trinajstić information content (AvgIpc) is 3.10. The SMILES string of the molecule is C=CC(=O)OCCCCCCCCCCOCc1ccc(C(=O)Oc2ccc(CCc3ccc(OCCCCCC)cc3)cc2)cc1. The second-order valence-electron chi connectivity index (χ2n) is 12.0. The Labute approximate surface area is 282 Å². The molecule has 0 saturated carbocycles. The first kappa shape index (κ1) is 37.6. The van der Waals surface area contributed by atoms with Gasteiger partial charge < -0.3 is 18.9 Å². The van der Waals surface area contributed by atoms with E-state index in [9.17, 15) is 9.59 Å². The van der Waals surface area contributed by atoms with Gasteiger partial charge in [0.25, 0.3) is 0 Å². The van der Waals surface area contributed by atoms with Crippen LogP contribution >= 0.6 is 0 Å². The average molecular weight is 643 g/mol. The Balaban J connectivity index is 1.24. The van der Waals surface area contributed by atoms with Gasteiger partial charge in [-0.05, 0) is 85.2 Å². The number of aryl methyl sites for hydroxylation is 2. The molecule has 3 rings (SSSR count). The van der Waals surface area contributed by atoms with E-state index in [0.717, 1.165) is 69.5 Å². The Hall–Kier alpha value is -3.90. The maximum Gasteiger partial charge on any atom is 0.343 e. The topological polar surface area (TPSA) is 71.1 Å². The summed E-state index contributed by atoms with van der Waals surface area (Å²) in [6.45, 7) is 8.13. The number of hydrogen-bond acceptors (Lipinski definition) is 6. The maximum atomic E-state index is 12.7. The van der Waals surface area contributed by atoms with E-state index in [0.29, 0.717) is 24.5 Å². The molecular weight excluding hydrogens is 588 g/mol. The zero-order valence-corrected chi connectivity index (χ0v) is 28.4. The van der Waals surface area contributed by atoms with E-state index in [1.165, 1.54) is 62.1 Å². The van der Waals surface area contributed by atoms with Gasteiger partial charge in [0.1, 0.15) is 11.5 Å². The summed E-state index contributed by atoms with van der Waals surface area (Å²) in [4.78, 5) is 23.7. The highest BCUT2D eigenvalue weighted by molar-refractivity contribution is 5.91. The molecular formula is C41H54O6. The Kier molecular flexibility index (Phi) is 18.7. The normalized spacial score (nSPS) is 10.8. The molecule has 0 radical (unpaired) electrons. The Morgan fingerprint density at radius 3 is 1.70 bits per heavy atom. The molecule has 0 unspecified atom stereocenters. The smallest absolute Gasteiger partial charge is 0.343 e. The van der Waals surface area contributed by atoms with E-state index in [-0.39, 0.29) is 11.9 Å². The number of esters is 2. The highest BCUT2D eigenvalue weighted by atomic mass is 16.5. The van der Waals surface area contributed by atoms with Crippen LogP contribution in [-0.4, -0.2) is 31.8 Å². The van der Waals surface area contributed by atoms with Crippen LogP contribution in [0.4, 0.5) is 0 Å². The fourth-order valence-electron chi connectivity index (χ4n) is 5.18. The second kappa shape index (κ2) is 23.4. The molecule has 0 N–H and O–H groups in total. The predicted octanol–water partition coefficient (Wildman–Crippen LogP) is 10.0. The summed E-state index contributed by atoms with van der Waals surface area (Å²) in [5.74, 6) is 0.766. The molecule has 6 heteroatoms. The van der Waals surface area contributed by atoms with Crippen LogP contribution in [0, 0.1) is 0 Å². The minimum atomic E-state index is -0.367. The van der Waals surface area contributed by atoms with Crippen molar-refractivity contribution >= 4 is 11.9 Å². The van der Waals surface area contributed by atoms with Crippen molar-refractivity contribution < 1.29 is 28.5 Å². The molecule has 0 atom stereocenters. The monoisotopic (exact) mass is 642 g/mol. The lowest BCUT2D eigenvalue weighted by molar-refractivity contribution is -0.137. The molecule has 3 aromatic carbocycles. The molecule has 0 amide bonds. The number of hydrogen-bond donors (Lipinski definition) is 0. The number of carbonyl (C=O) groups is 2. The second-order valence-corrected chi connectivity index (χ2v) is 12.0. The lowest BCUT2D eigenvalue weighted by Gasteiger charge is -2.09. The molecule has 0 heterocycles. The zero-order chi connectivity index (χ0) is 33.4. The van der Waals surface area contributed by atoms with Crippen molar-refractivity contribution in [2.45, 2.75) is 103 Å². The van der Waals surface area contributed by atoms with Crippen LogP contribution in [0.5, 0.6) is 11.5 Å². The Morgan fingerprint density at radius 1 is 0.596 bits per heavy atom. The number of ether oxygens (including phenoxy) is 4. The molecule has 0 spiro atoms. The van der Waals surface area contributed by atoms with E-state index in [1.807, 2.05) is 36.4 Å². The molecule has 47 heavy (non-hydrogen) atoms. The third-order valence-electron chi connectivity index (χ3n) is 8.08. The summed E-state index contributed by atoms with van der Waals surface area (Å²) in [5.41, 5.74) is 4.02. The molecule has 6 nitrogen and oxygen atoms in total. The molecule has 3 aromatic rings. The quantitative estimate of drug-likeness (QED) is 0.0396. The molecule has 0 aliphatic rings. The van der Waals surface area contributed by atoms with Crippen LogP contribution in [0.25, 0.3) is 0 Å². The van der Waals surface area contributed by atoms with Crippen LogP contribution < -0.4 is 9.47 Å². The van der Waals surface area contributed by atoms with Gasteiger partial charge in [-0.1, -0.05) is 108 Å². The van der Waals surface area contributed by atoms with Crippen molar-refractivity contribution in [2.75, 3.05) is 19.8 Å². The zero-order valence-electron chi connectivity index (χ0n) is 28.4.